The Hall–Kier alpha value is -1.59. The molecule has 0 aliphatic carbocycles. The molecule has 2 fully saturated rings. The van der Waals surface area contributed by atoms with Gasteiger partial charge in [0, 0.05) is 18.8 Å². The number of benzene rings is 1. The normalized spacial score (nSPS) is 24.8. The van der Waals surface area contributed by atoms with Crippen LogP contribution in [0.25, 0.3) is 0 Å². The minimum atomic E-state index is 0.0621. The SMILES string of the molecule is CCOc1ccc(NC(=O)CN2CC3CNCC3C2)cc1. The van der Waals surface area contributed by atoms with Crippen LogP contribution in [0.2, 0.25) is 0 Å². The maximum absolute atomic E-state index is 12.1. The van der Waals surface area contributed by atoms with E-state index in [0.717, 1.165) is 49.5 Å². The summed E-state index contributed by atoms with van der Waals surface area (Å²) in [6.45, 7) is 7.36. The number of fused-ring (bicyclic) bond motifs is 1. The lowest BCUT2D eigenvalue weighted by Gasteiger charge is -2.16. The number of anilines is 1. The highest BCUT2D eigenvalue weighted by Gasteiger charge is 2.36. The predicted octanol–water partition coefficient (Wildman–Crippen LogP) is 1.17. The monoisotopic (exact) mass is 289 g/mol. The smallest absolute Gasteiger partial charge is 0.238 e. The van der Waals surface area contributed by atoms with Crippen molar-refractivity contribution in [1.82, 2.24) is 10.2 Å². The van der Waals surface area contributed by atoms with E-state index in [9.17, 15) is 4.79 Å². The Morgan fingerprint density at radius 2 is 1.95 bits per heavy atom. The van der Waals surface area contributed by atoms with Crippen molar-refractivity contribution < 1.29 is 9.53 Å². The fourth-order valence-corrected chi connectivity index (χ4v) is 3.29. The summed E-state index contributed by atoms with van der Waals surface area (Å²) in [5.74, 6) is 2.34. The molecule has 21 heavy (non-hydrogen) atoms. The largest absolute Gasteiger partial charge is 0.494 e. The molecule has 1 aromatic rings. The molecular formula is C16H23N3O2. The average molecular weight is 289 g/mol. The molecule has 0 spiro atoms. The summed E-state index contributed by atoms with van der Waals surface area (Å²) in [5.41, 5.74) is 0.824. The maximum Gasteiger partial charge on any atom is 0.238 e. The lowest BCUT2D eigenvalue weighted by Crippen LogP contribution is -2.33. The summed E-state index contributed by atoms with van der Waals surface area (Å²) in [6, 6.07) is 7.52. The van der Waals surface area contributed by atoms with Gasteiger partial charge < -0.3 is 15.4 Å². The zero-order chi connectivity index (χ0) is 14.7. The van der Waals surface area contributed by atoms with E-state index in [2.05, 4.69) is 15.5 Å². The molecule has 2 aliphatic heterocycles. The third kappa shape index (κ3) is 3.54. The number of ether oxygens (including phenoxy) is 1. The second-order valence-electron chi connectivity index (χ2n) is 5.88. The van der Waals surface area contributed by atoms with E-state index >= 15 is 0 Å². The first-order valence-electron chi connectivity index (χ1n) is 7.70. The van der Waals surface area contributed by atoms with Crippen molar-refractivity contribution in [3.8, 4) is 5.75 Å². The fourth-order valence-electron chi connectivity index (χ4n) is 3.29. The number of likely N-dealkylation sites (tertiary alicyclic amines) is 1. The molecule has 2 N–H and O–H groups in total. The Labute approximate surface area is 125 Å². The molecule has 114 valence electrons. The van der Waals surface area contributed by atoms with Crippen LogP contribution >= 0.6 is 0 Å². The molecule has 1 amide bonds. The molecule has 2 aliphatic rings. The number of rotatable bonds is 5. The van der Waals surface area contributed by atoms with Crippen molar-refractivity contribution in [2.24, 2.45) is 11.8 Å². The number of carbonyl (C=O) groups is 1. The highest BCUT2D eigenvalue weighted by Crippen LogP contribution is 2.26. The topological polar surface area (TPSA) is 53.6 Å². The second kappa shape index (κ2) is 6.45. The van der Waals surface area contributed by atoms with E-state index in [1.54, 1.807) is 0 Å². The first kappa shape index (κ1) is 14.4. The van der Waals surface area contributed by atoms with Crippen LogP contribution in [-0.2, 0) is 4.79 Å². The summed E-state index contributed by atoms with van der Waals surface area (Å²) in [4.78, 5) is 14.4. The van der Waals surface area contributed by atoms with E-state index < -0.39 is 0 Å². The Morgan fingerprint density at radius 3 is 2.57 bits per heavy atom. The Morgan fingerprint density at radius 1 is 1.29 bits per heavy atom. The number of amides is 1. The van der Waals surface area contributed by atoms with Crippen LogP contribution in [-0.4, -0.2) is 50.1 Å². The first-order valence-corrected chi connectivity index (χ1v) is 7.70. The van der Waals surface area contributed by atoms with Gasteiger partial charge in [-0.1, -0.05) is 0 Å². The van der Waals surface area contributed by atoms with Crippen LogP contribution in [0.4, 0.5) is 5.69 Å². The van der Waals surface area contributed by atoms with Gasteiger partial charge in [0.15, 0.2) is 0 Å². The molecule has 2 saturated heterocycles. The van der Waals surface area contributed by atoms with Gasteiger partial charge in [0.05, 0.1) is 13.2 Å². The lowest BCUT2D eigenvalue weighted by atomic mass is 10.0. The predicted molar refractivity (Wildman–Crippen MR) is 82.5 cm³/mol. The van der Waals surface area contributed by atoms with Crippen LogP contribution < -0.4 is 15.4 Å². The van der Waals surface area contributed by atoms with Gasteiger partial charge >= 0.3 is 0 Å². The summed E-state index contributed by atoms with van der Waals surface area (Å²) in [7, 11) is 0. The summed E-state index contributed by atoms with van der Waals surface area (Å²) < 4.78 is 5.39. The minimum absolute atomic E-state index is 0.0621. The quantitative estimate of drug-likeness (QED) is 0.854. The molecule has 2 heterocycles. The zero-order valence-corrected chi connectivity index (χ0v) is 12.5. The third-order valence-corrected chi connectivity index (χ3v) is 4.28. The molecule has 5 nitrogen and oxygen atoms in total. The zero-order valence-electron chi connectivity index (χ0n) is 12.5. The van der Waals surface area contributed by atoms with Crippen LogP contribution in [0, 0.1) is 11.8 Å². The van der Waals surface area contributed by atoms with Gasteiger partial charge in [0.1, 0.15) is 5.75 Å². The van der Waals surface area contributed by atoms with Crippen LogP contribution in [0.1, 0.15) is 6.92 Å². The number of hydrogen-bond donors (Lipinski definition) is 2. The van der Waals surface area contributed by atoms with E-state index in [-0.39, 0.29) is 5.91 Å². The van der Waals surface area contributed by atoms with Gasteiger partial charge in [-0.3, -0.25) is 9.69 Å². The summed E-state index contributed by atoms with van der Waals surface area (Å²) >= 11 is 0. The van der Waals surface area contributed by atoms with Gasteiger partial charge in [0.2, 0.25) is 5.91 Å². The van der Waals surface area contributed by atoms with E-state index in [4.69, 9.17) is 4.74 Å². The average Bonchev–Trinajstić information content (AvgIpc) is 3.02. The second-order valence-corrected chi connectivity index (χ2v) is 5.88. The fraction of sp³-hybridized carbons (Fsp3) is 0.562. The van der Waals surface area contributed by atoms with Gasteiger partial charge in [-0.2, -0.15) is 0 Å². The van der Waals surface area contributed by atoms with Crippen LogP contribution in [0.15, 0.2) is 24.3 Å². The van der Waals surface area contributed by atoms with Gasteiger partial charge in [0.25, 0.3) is 0 Å². The minimum Gasteiger partial charge on any atom is -0.494 e. The molecule has 1 aromatic carbocycles. The molecule has 2 atom stereocenters. The molecule has 0 radical (unpaired) electrons. The van der Waals surface area contributed by atoms with Crippen LogP contribution in [0.5, 0.6) is 5.75 Å². The van der Waals surface area contributed by atoms with Crippen molar-refractivity contribution >= 4 is 11.6 Å². The summed E-state index contributed by atoms with van der Waals surface area (Å²) in [6.07, 6.45) is 0. The van der Waals surface area contributed by atoms with Crippen molar-refractivity contribution in [2.45, 2.75) is 6.92 Å². The Bertz CT molecular complexity index is 477. The van der Waals surface area contributed by atoms with Crippen molar-refractivity contribution in [3.63, 3.8) is 0 Å². The number of hydrogen-bond acceptors (Lipinski definition) is 4. The lowest BCUT2D eigenvalue weighted by molar-refractivity contribution is -0.117. The Balaban J connectivity index is 1.47. The van der Waals surface area contributed by atoms with E-state index in [0.29, 0.717) is 13.2 Å². The summed E-state index contributed by atoms with van der Waals surface area (Å²) in [5, 5.41) is 6.37. The van der Waals surface area contributed by atoms with Gasteiger partial charge in [-0.25, -0.2) is 0 Å². The Kier molecular flexibility index (Phi) is 4.41. The van der Waals surface area contributed by atoms with E-state index in [1.165, 1.54) is 0 Å². The molecule has 0 bridgehead atoms. The highest BCUT2D eigenvalue weighted by atomic mass is 16.5. The van der Waals surface area contributed by atoms with Crippen LogP contribution in [0.3, 0.4) is 0 Å². The molecule has 0 saturated carbocycles. The first-order chi connectivity index (χ1) is 10.2. The molecule has 5 heteroatoms. The maximum atomic E-state index is 12.1. The van der Waals surface area contributed by atoms with Crippen molar-refractivity contribution in [2.75, 3.05) is 44.6 Å². The molecule has 0 aromatic heterocycles. The van der Waals surface area contributed by atoms with Crippen molar-refractivity contribution in [1.29, 1.82) is 0 Å². The molecular weight excluding hydrogens is 266 g/mol. The number of nitrogens with one attached hydrogen (secondary N) is 2. The third-order valence-electron chi connectivity index (χ3n) is 4.28. The van der Waals surface area contributed by atoms with Gasteiger partial charge in [-0.15, -0.1) is 0 Å². The number of carbonyl (C=O) groups excluding carboxylic acids is 1. The highest BCUT2D eigenvalue weighted by molar-refractivity contribution is 5.92. The molecule has 2 unspecified atom stereocenters. The standard InChI is InChI=1S/C16H23N3O2/c1-2-21-15-5-3-14(4-6-15)18-16(20)11-19-9-12-7-17-8-13(12)10-19/h3-6,12-13,17H,2,7-11H2,1H3,(H,18,20). The van der Waals surface area contributed by atoms with E-state index in [1.807, 2.05) is 31.2 Å². The van der Waals surface area contributed by atoms with Crippen molar-refractivity contribution in [3.05, 3.63) is 24.3 Å². The molecule has 3 rings (SSSR count). The number of nitrogens with zero attached hydrogens (tertiary/aromatic N) is 1. The van der Waals surface area contributed by atoms with Gasteiger partial charge in [-0.05, 0) is 56.1 Å².